The molecule has 0 bridgehead atoms. The summed E-state index contributed by atoms with van der Waals surface area (Å²) in [6.07, 6.45) is 11.9. The Morgan fingerprint density at radius 3 is 1.75 bits per heavy atom. The molecule has 3 aliphatic carbocycles. The van der Waals surface area contributed by atoms with Gasteiger partial charge in [0.05, 0.1) is 11.6 Å². The fraction of sp³-hybridized carbons (Fsp3) is 0.242. The van der Waals surface area contributed by atoms with E-state index in [2.05, 4.69) is 195 Å². The minimum atomic E-state index is -0.144. The summed E-state index contributed by atoms with van der Waals surface area (Å²) in [5, 5.41) is 11.1. The lowest BCUT2D eigenvalue weighted by atomic mass is 9.79. The minimum absolute atomic E-state index is 0.0701. The number of aryl methyl sites for hydroxylation is 7. The van der Waals surface area contributed by atoms with E-state index in [4.69, 9.17) is 11.7 Å². The summed E-state index contributed by atoms with van der Waals surface area (Å²) in [5.74, 6) is 2.86. The van der Waals surface area contributed by atoms with Crippen LogP contribution in [0.1, 0.15) is 107 Å². The molecule has 0 fully saturated rings. The maximum absolute atomic E-state index is 8.38. The second-order valence-electron chi connectivity index (χ2n) is 19.3. The van der Waals surface area contributed by atoms with Crippen molar-refractivity contribution in [1.29, 1.82) is 5.26 Å². The van der Waals surface area contributed by atoms with Crippen molar-refractivity contribution in [2.45, 2.75) is 99.8 Å². The van der Waals surface area contributed by atoms with Crippen molar-refractivity contribution >= 4 is 22.1 Å². The number of allylic oxidation sites excluding steroid dienone is 4. The monoisotopic (exact) mass is 832 g/mol. The molecule has 0 amide bonds. The number of terminal acetylenes is 1. The normalized spacial score (nSPS) is 14.5. The van der Waals surface area contributed by atoms with Crippen LogP contribution in [0.4, 0.5) is 11.4 Å². The van der Waals surface area contributed by atoms with Crippen LogP contribution in [0.5, 0.6) is 0 Å². The third kappa shape index (κ3) is 7.89. The smallest absolute Gasteiger partial charge is 0.0991 e. The van der Waals surface area contributed by atoms with Gasteiger partial charge >= 0.3 is 0 Å². The molecule has 2 nitrogen and oxygen atoms in total. The number of rotatable bonds is 3. The van der Waals surface area contributed by atoms with Crippen LogP contribution >= 0.6 is 0 Å². The van der Waals surface area contributed by atoms with Crippen molar-refractivity contribution in [2.24, 2.45) is 0 Å². The summed E-state index contributed by atoms with van der Waals surface area (Å²) in [6, 6.07) is 46.4. The first-order valence-corrected chi connectivity index (χ1v) is 22.6. The lowest BCUT2D eigenvalue weighted by molar-refractivity contribution is 0.652. The summed E-state index contributed by atoms with van der Waals surface area (Å²) in [6.45, 7) is 24.7. The maximum atomic E-state index is 8.38. The third-order valence-corrected chi connectivity index (χ3v) is 14.0. The number of hydrogen-bond acceptors (Lipinski definition) is 2. The Kier molecular flexibility index (Phi) is 11.6. The highest BCUT2D eigenvalue weighted by molar-refractivity contribution is 6.05. The number of nitriles is 1. The van der Waals surface area contributed by atoms with Gasteiger partial charge < -0.3 is 4.90 Å². The lowest BCUT2D eigenvalue weighted by Gasteiger charge is -2.32. The van der Waals surface area contributed by atoms with Crippen molar-refractivity contribution in [1.82, 2.24) is 0 Å². The molecule has 0 atom stereocenters. The zero-order valence-corrected chi connectivity index (χ0v) is 39.6. The molecular formula is C62H60N2. The quantitative estimate of drug-likeness (QED) is 0.166. The van der Waals surface area contributed by atoms with Gasteiger partial charge in [-0.2, -0.15) is 5.26 Å². The lowest BCUT2D eigenvalue weighted by Crippen LogP contribution is -2.20. The Bertz CT molecular complexity index is 3130. The van der Waals surface area contributed by atoms with Gasteiger partial charge in [0.15, 0.2) is 0 Å². The number of anilines is 2. The molecule has 3 aliphatic rings. The zero-order valence-electron chi connectivity index (χ0n) is 39.6. The number of nitrogens with zero attached hydrogens (tertiary/aromatic N) is 2. The van der Waals surface area contributed by atoms with E-state index in [9.17, 15) is 0 Å². The summed E-state index contributed by atoms with van der Waals surface area (Å²) in [7, 11) is 0. The Labute approximate surface area is 382 Å². The van der Waals surface area contributed by atoms with Gasteiger partial charge in [0.2, 0.25) is 0 Å². The summed E-state index contributed by atoms with van der Waals surface area (Å²) >= 11 is 0. The van der Waals surface area contributed by atoms with Crippen LogP contribution in [0.2, 0.25) is 0 Å². The molecule has 0 spiro atoms. The minimum Gasteiger partial charge on any atom is -0.314 e. The molecule has 0 saturated heterocycles. The van der Waals surface area contributed by atoms with E-state index in [1.54, 1.807) is 0 Å². The molecule has 7 aromatic carbocycles. The van der Waals surface area contributed by atoms with E-state index < -0.39 is 0 Å². The van der Waals surface area contributed by atoms with Gasteiger partial charge in [-0.3, -0.25) is 0 Å². The van der Waals surface area contributed by atoms with Gasteiger partial charge in [0, 0.05) is 33.5 Å². The van der Waals surface area contributed by atoms with Gasteiger partial charge in [0.1, 0.15) is 0 Å². The molecule has 0 aromatic heterocycles. The van der Waals surface area contributed by atoms with Gasteiger partial charge in [-0.25, -0.2) is 0 Å². The van der Waals surface area contributed by atoms with Gasteiger partial charge in [-0.1, -0.05) is 129 Å². The molecule has 0 saturated carbocycles. The summed E-state index contributed by atoms with van der Waals surface area (Å²) < 4.78 is 0. The van der Waals surface area contributed by atoms with Crippen LogP contribution in [-0.4, -0.2) is 0 Å². The zero-order chi connectivity index (χ0) is 45.7. The number of benzene rings is 7. The fourth-order valence-corrected chi connectivity index (χ4v) is 10.1. The van der Waals surface area contributed by atoms with Crippen LogP contribution in [0, 0.1) is 72.1 Å². The SMILES string of the molecule is C#CC1=CC=C(N(c2ccc3c(c2)C(C)(C)c2cc4c(cc2-3)C(C)(C)c2cc(C)c3ccccc3c2-4)c2ccc(C)cc2C)CC1.Cc1ccc(C#N)cc1.Cc1ccc(C)c(C)c1. The van der Waals surface area contributed by atoms with Crippen LogP contribution in [-0.2, 0) is 10.8 Å². The Balaban J connectivity index is 0.000000258. The molecule has 0 unspecified atom stereocenters. The molecule has 2 heteroatoms. The molecule has 64 heavy (non-hydrogen) atoms. The average molecular weight is 833 g/mol. The highest BCUT2D eigenvalue weighted by Gasteiger charge is 2.42. The predicted octanol–water partition coefficient (Wildman–Crippen LogP) is 16.2. The predicted molar refractivity (Wildman–Crippen MR) is 273 cm³/mol. The Morgan fingerprint density at radius 2 is 1.12 bits per heavy atom. The topological polar surface area (TPSA) is 27.0 Å². The van der Waals surface area contributed by atoms with E-state index >= 15 is 0 Å². The van der Waals surface area contributed by atoms with Gasteiger partial charge in [-0.15, -0.1) is 6.42 Å². The van der Waals surface area contributed by atoms with E-state index in [-0.39, 0.29) is 10.8 Å². The first-order valence-electron chi connectivity index (χ1n) is 22.6. The van der Waals surface area contributed by atoms with Crippen LogP contribution in [0.15, 0.2) is 145 Å². The van der Waals surface area contributed by atoms with Crippen molar-refractivity contribution < 1.29 is 0 Å². The van der Waals surface area contributed by atoms with Crippen LogP contribution in [0.3, 0.4) is 0 Å². The van der Waals surface area contributed by atoms with E-state index in [1.807, 2.05) is 31.2 Å². The fourth-order valence-electron chi connectivity index (χ4n) is 10.1. The standard InChI is InChI=1S/C45H41N.C9H12.C8H7N/c1-9-30-15-17-31(18-16-30)46(42-21-14-27(2)22-29(42)4)32-19-20-34-36-25-40-37(26-39(36)44(5,6)38(34)24-32)43-35-13-11-10-12-33(35)28(3)23-41(43)45(40,7)8;1-7-4-5-8(2)9(3)6-7;1-7-2-4-8(6-9)5-3-7/h1,10-15,17,19-26H,16,18H2,2-8H3;4-6H,1-3H3;2-5H,1H3. The third-order valence-electron chi connectivity index (χ3n) is 14.0. The summed E-state index contributed by atoms with van der Waals surface area (Å²) in [4.78, 5) is 2.46. The molecule has 0 N–H and O–H groups in total. The van der Waals surface area contributed by atoms with E-state index in [1.165, 1.54) is 111 Å². The second-order valence-corrected chi connectivity index (χ2v) is 19.3. The molecule has 7 aromatic rings. The van der Waals surface area contributed by atoms with Gasteiger partial charge in [0.25, 0.3) is 0 Å². The van der Waals surface area contributed by atoms with Crippen molar-refractivity contribution in [2.75, 3.05) is 4.90 Å². The molecule has 10 rings (SSSR count). The second kappa shape index (κ2) is 17.0. The Hall–Kier alpha value is -6.87. The largest absolute Gasteiger partial charge is 0.314 e. The van der Waals surface area contributed by atoms with Gasteiger partial charge in [-0.05, 0) is 193 Å². The molecular weight excluding hydrogens is 773 g/mol. The van der Waals surface area contributed by atoms with Crippen molar-refractivity contribution in [3.8, 4) is 40.7 Å². The average Bonchev–Trinajstić information content (AvgIpc) is 3.64. The molecule has 0 aliphatic heterocycles. The number of fused-ring (bicyclic) bond motifs is 8. The first kappa shape index (κ1) is 43.8. The first-order chi connectivity index (χ1) is 30.5. The van der Waals surface area contributed by atoms with Crippen molar-refractivity contribution in [3.63, 3.8) is 0 Å². The molecule has 0 radical (unpaired) electrons. The number of hydrogen-bond donors (Lipinski definition) is 0. The highest BCUT2D eigenvalue weighted by Crippen LogP contribution is 2.58. The van der Waals surface area contributed by atoms with E-state index in [0.717, 1.165) is 24.0 Å². The van der Waals surface area contributed by atoms with Crippen molar-refractivity contribution in [3.05, 3.63) is 212 Å². The highest BCUT2D eigenvalue weighted by atomic mass is 15.2. The van der Waals surface area contributed by atoms with Crippen LogP contribution < -0.4 is 4.90 Å². The van der Waals surface area contributed by atoms with E-state index in [0.29, 0.717) is 0 Å². The van der Waals surface area contributed by atoms with Crippen LogP contribution in [0.25, 0.3) is 33.0 Å². The maximum Gasteiger partial charge on any atom is 0.0991 e. The Morgan fingerprint density at radius 1 is 0.516 bits per heavy atom. The molecule has 0 heterocycles. The summed E-state index contributed by atoms with van der Waals surface area (Å²) in [5.41, 5.74) is 25.7. The molecule has 318 valence electrons.